The van der Waals surface area contributed by atoms with E-state index in [4.69, 9.17) is 14.2 Å². The zero-order valence-corrected chi connectivity index (χ0v) is 16.6. The molecule has 142 valence electrons. The predicted molar refractivity (Wildman–Crippen MR) is 102 cm³/mol. The molecule has 0 N–H and O–H groups in total. The predicted octanol–water partition coefficient (Wildman–Crippen LogP) is 5.57. The van der Waals surface area contributed by atoms with Crippen LogP contribution in [0.15, 0.2) is 30.3 Å². The molecular weight excluding hydrogens is 312 g/mol. The van der Waals surface area contributed by atoms with Gasteiger partial charge in [-0.25, -0.2) is 0 Å². The third-order valence-electron chi connectivity index (χ3n) is 5.01. The highest BCUT2D eigenvalue weighted by molar-refractivity contribution is 5.13. The maximum Gasteiger partial charge on any atom is 0.161 e. The van der Waals surface area contributed by atoms with Crippen molar-refractivity contribution in [2.24, 2.45) is 11.8 Å². The summed E-state index contributed by atoms with van der Waals surface area (Å²) in [5.41, 5.74) is 1.22. The monoisotopic (exact) mass is 348 g/mol. The zero-order valence-electron chi connectivity index (χ0n) is 16.6. The molecule has 1 fully saturated rings. The molecule has 0 bridgehead atoms. The van der Waals surface area contributed by atoms with Crippen LogP contribution in [0.5, 0.6) is 0 Å². The molecule has 0 aromatic heterocycles. The van der Waals surface area contributed by atoms with Crippen molar-refractivity contribution in [2.75, 3.05) is 0 Å². The largest absolute Gasteiger partial charge is 0.371 e. The topological polar surface area (TPSA) is 27.7 Å². The number of unbranched alkanes of at least 4 members (excludes halogenated alkanes) is 1. The van der Waals surface area contributed by atoms with E-state index in [1.165, 1.54) is 24.8 Å². The van der Waals surface area contributed by atoms with Gasteiger partial charge in [-0.2, -0.15) is 0 Å². The first kappa shape index (κ1) is 20.4. The van der Waals surface area contributed by atoms with Gasteiger partial charge in [-0.05, 0) is 38.2 Å². The van der Waals surface area contributed by atoms with Gasteiger partial charge >= 0.3 is 0 Å². The Morgan fingerprint density at radius 2 is 1.88 bits per heavy atom. The van der Waals surface area contributed by atoms with Crippen LogP contribution in [0, 0.1) is 11.8 Å². The Labute approximate surface area is 154 Å². The summed E-state index contributed by atoms with van der Waals surface area (Å²) in [6, 6.07) is 10.4. The zero-order chi connectivity index (χ0) is 18.2. The first-order valence-corrected chi connectivity index (χ1v) is 9.97. The lowest BCUT2D eigenvalue weighted by atomic mass is 9.87. The molecule has 0 spiro atoms. The van der Waals surface area contributed by atoms with Crippen LogP contribution >= 0.6 is 0 Å². The maximum absolute atomic E-state index is 6.42. The minimum Gasteiger partial charge on any atom is -0.371 e. The van der Waals surface area contributed by atoms with E-state index in [9.17, 15) is 0 Å². The Morgan fingerprint density at radius 1 is 1.16 bits per heavy atom. The molecule has 0 radical (unpaired) electrons. The van der Waals surface area contributed by atoms with Crippen LogP contribution < -0.4 is 0 Å². The molecule has 0 saturated carbocycles. The fourth-order valence-corrected chi connectivity index (χ4v) is 3.55. The highest BCUT2D eigenvalue weighted by Gasteiger charge is 2.39. The summed E-state index contributed by atoms with van der Waals surface area (Å²) in [7, 11) is 0. The van der Waals surface area contributed by atoms with Gasteiger partial charge in [-0.15, -0.1) is 0 Å². The van der Waals surface area contributed by atoms with Crippen molar-refractivity contribution >= 4 is 0 Å². The Bertz CT molecular complexity index is 473. The van der Waals surface area contributed by atoms with Crippen molar-refractivity contribution < 1.29 is 14.2 Å². The van der Waals surface area contributed by atoms with Crippen molar-refractivity contribution in [3.8, 4) is 0 Å². The van der Waals surface area contributed by atoms with Gasteiger partial charge in [0.15, 0.2) is 6.29 Å². The Balaban J connectivity index is 2.02. The van der Waals surface area contributed by atoms with Crippen LogP contribution in [-0.4, -0.2) is 24.6 Å². The van der Waals surface area contributed by atoms with E-state index in [0.29, 0.717) is 18.4 Å². The SMILES string of the molecule is CCCC[C@@H](C)[C@H]1O[C@H](OC(C)C)[C@H](C)C[C@@H]1OCc1ccccc1. The highest BCUT2D eigenvalue weighted by atomic mass is 16.7. The summed E-state index contributed by atoms with van der Waals surface area (Å²) < 4.78 is 18.8. The van der Waals surface area contributed by atoms with Crippen molar-refractivity contribution in [3.05, 3.63) is 35.9 Å². The minimum absolute atomic E-state index is 0.107. The van der Waals surface area contributed by atoms with E-state index in [1.807, 2.05) is 6.07 Å². The third kappa shape index (κ3) is 6.40. The quantitative estimate of drug-likeness (QED) is 0.583. The molecule has 1 aromatic rings. The van der Waals surface area contributed by atoms with Gasteiger partial charge in [0.1, 0.15) is 0 Å². The number of hydrogen-bond donors (Lipinski definition) is 0. The molecular formula is C22H36O3. The van der Waals surface area contributed by atoms with Crippen LogP contribution in [0.1, 0.15) is 65.9 Å². The fourth-order valence-electron chi connectivity index (χ4n) is 3.55. The molecule has 3 nitrogen and oxygen atoms in total. The molecule has 0 amide bonds. The maximum atomic E-state index is 6.42. The van der Waals surface area contributed by atoms with Gasteiger partial charge in [0.2, 0.25) is 0 Å². The molecule has 2 rings (SSSR count). The van der Waals surface area contributed by atoms with Gasteiger partial charge in [0.25, 0.3) is 0 Å². The Kier molecular flexibility index (Phi) is 8.41. The van der Waals surface area contributed by atoms with Gasteiger partial charge in [-0.3, -0.25) is 0 Å². The van der Waals surface area contributed by atoms with E-state index in [-0.39, 0.29) is 24.6 Å². The third-order valence-corrected chi connectivity index (χ3v) is 5.01. The second kappa shape index (κ2) is 10.3. The number of rotatable bonds is 9. The lowest BCUT2D eigenvalue weighted by molar-refractivity contribution is -0.274. The first-order chi connectivity index (χ1) is 12.0. The lowest BCUT2D eigenvalue weighted by Gasteiger charge is -2.43. The molecule has 25 heavy (non-hydrogen) atoms. The van der Waals surface area contributed by atoms with Crippen molar-refractivity contribution in [3.63, 3.8) is 0 Å². The van der Waals surface area contributed by atoms with Gasteiger partial charge in [-0.1, -0.05) is 63.9 Å². The van der Waals surface area contributed by atoms with Crippen molar-refractivity contribution in [1.29, 1.82) is 0 Å². The standard InChI is InChI=1S/C22H36O3/c1-6-7-11-17(4)21-20(23-15-19-12-9-8-10-13-19)14-18(5)22(25-21)24-16(2)3/h8-10,12-13,16-18,20-22H,6-7,11,14-15H2,1-5H3/t17-,18-,20+,21-,22+/m1/s1. The van der Waals surface area contributed by atoms with Gasteiger partial charge in [0, 0.05) is 5.92 Å². The fraction of sp³-hybridized carbons (Fsp3) is 0.727. The molecule has 0 unspecified atom stereocenters. The number of hydrogen-bond acceptors (Lipinski definition) is 3. The normalized spacial score (nSPS) is 28.2. The van der Waals surface area contributed by atoms with E-state index in [1.54, 1.807) is 0 Å². The molecule has 1 aliphatic rings. The van der Waals surface area contributed by atoms with E-state index < -0.39 is 0 Å². The highest BCUT2D eigenvalue weighted by Crippen LogP contribution is 2.34. The molecule has 0 aliphatic carbocycles. The number of ether oxygens (including phenoxy) is 3. The van der Waals surface area contributed by atoms with Crippen LogP contribution in [0.2, 0.25) is 0 Å². The molecule has 3 heteroatoms. The van der Waals surface area contributed by atoms with E-state index in [2.05, 4.69) is 58.9 Å². The minimum atomic E-state index is -0.120. The van der Waals surface area contributed by atoms with Crippen LogP contribution in [0.3, 0.4) is 0 Å². The molecule has 5 atom stereocenters. The first-order valence-electron chi connectivity index (χ1n) is 9.97. The average molecular weight is 349 g/mol. The van der Waals surface area contributed by atoms with Crippen LogP contribution in [-0.2, 0) is 20.8 Å². The summed E-state index contributed by atoms with van der Waals surface area (Å²) in [5, 5.41) is 0. The smallest absolute Gasteiger partial charge is 0.161 e. The number of benzene rings is 1. The Hall–Kier alpha value is -0.900. The molecule has 1 aromatic carbocycles. The summed E-state index contributed by atoms with van der Waals surface area (Å²) in [5.74, 6) is 0.823. The summed E-state index contributed by atoms with van der Waals surface area (Å²) in [4.78, 5) is 0. The second-order valence-corrected chi connectivity index (χ2v) is 7.82. The van der Waals surface area contributed by atoms with Crippen LogP contribution in [0.4, 0.5) is 0 Å². The van der Waals surface area contributed by atoms with Crippen molar-refractivity contribution in [2.45, 2.75) is 91.5 Å². The van der Waals surface area contributed by atoms with Crippen molar-refractivity contribution in [1.82, 2.24) is 0 Å². The van der Waals surface area contributed by atoms with Gasteiger partial charge in [0.05, 0.1) is 24.9 Å². The molecule has 1 saturated heterocycles. The van der Waals surface area contributed by atoms with Crippen LogP contribution in [0.25, 0.3) is 0 Å². The lowest BCUT2D eigenvalue weighted by Crippen LogP contribution is -2.49. The second-order valence-electron chi connectivity index (χ2n) is 7.82. The molecule has 1 aliphatic heterocycles. The summed E-state index contributed by atoms with van der Waals surface area (Å²) in [6.07, 6.45) is 4.92. The summed E-state index contributed by atoms with van der Waals surface area (Å²) >= 11 is 0. The van der Waals surface area contributed by atoms with Gasteiger partial charge < -0.3 is 14.2 Å². The molecule has 1 heterocycles. The summed E-state index contributed by atoms with van der Waals surface area (Å²) in [6.45, 7) is 11.5. The van der Waals surface area contributed by atoms with E-state index in [0.717, 1.165) is 6.42 Å². The average Bonchev–Trinajstić information content (AvgIpc) is 2.60. The van der Waals surface area contributed by atoms with E-state index >= 15 is 0 Å². The Morgan fingerprint density at radius 3 is 2.52 bits per heavy atom.